The Kier molecular flexibility index (Phi) is 3.52. The van der Waals surface area contributed by atoms with Gasteiger partial charge in [-0.1, -0.05) is 51.1 Å². The van der Waals surface area contributed by atoms with Crippen LogP contribution in [0.2, 0.25) is 0 Å². The predicted octanol–water partition coefficient (Wildman–Crippen LogP) is 4.94. The first-order chi connectivity index (χ1) is 10.4. The largest absolute Gasteiger partial charge is 0.220 e. The molecule has 1 heteroatoms. The molecule has 0 amide bonds. The Hall–Kier alpha value is -2.15. The zero-order chi connectivity index (χ0) is 15.9. The van der Waals surface area contributed by atoms with E-state index in [9.17, 15) is 0 Å². The summed E-state index contributed by atoms with van der Waals surface area (Å²) in [7, 11) is 2.12. The first-order valence-corrected chi connectivity index (χ1v) is 7.87. The Balaban J connectivity index is 2.31. The molecule has 1 heterocycles. The average Bonchev–Trinajstić information content (AvgIpc) is 2.47. The molecule has 3 rings (SSSR count). The summed E-state index contributed by atoms with van der Waals surface area (Å²) in [5, 5.41) is 2.62. The molecule has 0 aliphatic carbocycles. The first kappa shape index (κ1) is 14.8. The molecular formula is C21H24N+. The monoisotopic (exact) mass is 290 g/mol. The number of hydrogen-bond donors (Lipinski definition) is 0. The lowest BCUT2D eigenvalue weighted by Crippen LogP contribution is -2.30. The molecule has 0 atom stereocenters. The van der Waals surface area contributed by atoms with Crippen LogP contribution in [-0.4, -0.2) is 0 Å². The number of hydrogen-bond acceptors (Lipinski definition) is 0. The van der Waals surface area contributed by atoms with Crippen LogP contribution < -0.4 is 4.57 Å². The average molecular weight is 290 g/mol. The van der Waals surface area contributed by atoms with Gasteiger partial charge in [0, 0.05) is 11.6 Å². The van der Waals surface area contributed by atoms with E-state index in [-0.39, 0.29) is 5.41 Å². The summed E-state index contributed by atoms with van der Waals surface area (Å²) in [6, 6.07) is 17.7. The van der Waals surface area contributed by atoms with Gasteiger partial charge < -0.3 is 0 Å². The van der Waals surface area contributed by atoms with E-state index in [1.54, 1.807) is 0 Å². The van der Waals surface area contributed by atoms with Crippen molar-refractivity contribution in [1.29, 1.82) is 0 Å². The smallest absolute Gasteiger partial charge is 0.200 e. The lowest BCUT2D eigenvalue weighted by atomic mass is 9.85. The van der Waals surface area contributed by atoms with Crippen LogP contribution in [0.15, 0.2) is 54.7 Å². The molecule has 112 valence electrons. The minimum Gasteiger partial charge on any atom is -0.200 e. The number of rotatable bonds is 1. The van der Waals surface area contributed by atoms with Crippen LogP contribution >= 0.6 is 0 Å². The molecule has 1 aromatic heterocycles. The molecule has 0 bridgehead atoms. The third-order valence-corrected chi connectivity index (χ3v) is 4.40. The molecule has 3 aromatic rings. The summed E-state index contributed by atoms with van der Waals surface area (Å²) in [6.07, 6.45) is 2.16. The molecular weight excluding hydrogens is 266 g/mol. The van der Waals surface area contributed by atoms with Gasteiger partial charge in [0.2, 0.25) is 5.69 Å². The minimum atomic E-state index is 0.176. The maximum Gasteiger partial charge on any atom is 0.220 e. The van der Waals surface area contributed by atoms with Crippen molar-refractivity contribution in [3.8, 4) is 11.3 Å². The number of nitrogens with zero attached hydrogens (tertiary/aromatic N) is 1. The summed E-state index contributed by atoms with van der Waals surface area (Å²) >= 11 is 0. The van der Waals surface area contributed by atoms with Gasteiger partial charge in [-0.25, -0.2) is 4.57 Å². The molecule has 0 fully saturated rings. The second-order valence-electron chi connectivity index (χ2n) is 7.14. The maximum atomic E-state index is 2.33. The molecule has 0 saturated heterocycles. The van der Waals surface area contributed by atoms with Crippen molar-refractivity contribution in [1.82, 2.24) is 0 Å². The zero-order valence-corrected chi connectivity index (χ0v) is 14.1. The van der Waals surface area contributed by atoms with Gasteiger partial charge in [-0.05, 0) is 41.0 Å². The Bertz CT molecular complexity index is 838. The number of benzene rings is 2. The topological polar surface area (TPSA) is 3.88 Å². The van der Waals surface area contributed by atoms with E-state index >= 15 is 0 Å². The third-order valence-electron chi connectivity index (χ3n) is 4.40. The van der Waals surface area contributed by atoms with Gasteiger partial charge in [-0.2, -0.15) is 0 Å². The van der Waals surface area contributed by atoms with Crippen LogP contribution in [0.3, 0.4) is 0 Å². The fraction of sp³-hybridized carbons (Fsp3) is 0.286. The van der Waals surface area contributed by atoms with Gasteiger partial charge in [0.25, 0.3) is 0 Å². The van der Waals surface area contributed by atoms with E-state index in [4.69, 9.17) is 0 Å². The first-order valence-electron chi connectivity index (χ1n) is 7.87. The lowest BCUT2D eigenvalue weighted by Gasteiger charge is -2.19. The van der Waals surface area contributed by atoms with Gasteiger partial charge in [-0.15, -0.1) is 0 Å². The van der Waals surface area contributed by atoms with Crippen LogP contribution in [0.1, 0.15) is 31.9 Å². The molecule has 0 unspecified atom stereocenters. The third kappa shape index (κ3) is 2.52. The number of pyridine rings is 1. The highest BCUT2D eigenvalue weighted by Crippen LogP contribution is 2.31. The molecule has 0 aliphatic rings. The van der Waals surface area contributed by atoms with E-state index in [0.717, 1.165) is 0 Å². The standard InChI is InChI=1S/C21H24N/c1-15-8-6-7-9-18(15)20-19-11-10-17(21(2,3)4)14-16(19)12-13-22(20)5/h6-14H,1-5H3/q+1. The second-order valence-corrected chi connectivity index (χ2v) is 7.14. The lowest BCUT2D eigenvalue weighted by molar-refractivity contribution is -0.659. The van der Waals surface area contributed by atoms with Crippen molar-refractivity contribution in [2.45, 2.75) is 33.1 Å². The molecule has 2 aromatic carbocycles. The highest BCUT2D eigenvalue weighted by Gasteiger charge is 2.19. The van der Waals surface area contributed by atoms with E-state index in [0.29, 0.717) is 0 Å². The van der Waals surface area contributed by atoms with Gasteiger partial charge in [0.05, 0.1) is 5.39 Å². The molecule has 0 radical (unpaired) electrons. The Morgan fingerprint density at radius 3 is 2.32 bits per heavy atom. The van der Waals surface area contributed by atoms with Crippen LogP contribution in [0.4, 0.5) is 0 Å². The van der Waals surface area contributed by atoms with E-state index in [1.807, 2.05) is 0 Å². The summed E-state index contributed by atoms with van der Waals surface area (Å²) < 4.78 is 2.22. The molecule has 0 aliphatic heterocycles. The van der Waals surface area contributed by atoms with Crippen molar-refractivity contribution in [3.63, 3.8) is 0 Å². The van der Waals surface area contributed by atoms with Crippen molar-refractivity contribution < 1.29 is 4.57 Å². The van der Waals surface area contributed by atoms with Gasteiger partial charge in [0.1, 0.15) is 7.05 Å². The summed E-state index contributed by atoms with van der Waals surface area (Å²) in [6.45, 7) is 8.97. The molecule has 22 heavy (non-hydrogen) atoms. The van der Waals surface area contributed by atoms with E-state index in [2.05, 4.69) is 94.0 Å². The molecule has 0 N–H and O–H groups in total. The van der Waals surface area contributed by atoms with Crippen LogP contribution in [-0.2, 0) is 12.5 Å². The number of fused-ring (bicyclic) bond motifs is 1. The minimum absolute atomic E-state index is 0.176. The molecule has 0 saturated carbocycles. The van der Waals surface area contributed by atoms with Gasteiger partial charge in [0.15, 0.2) is 6.20 Å². The van der Waals surface area contributed by atoms with Crippen LogP contribution in [0.5, 0.6) is 0 Å². The van der Waals surface area contributed by atoms with Gasteiger partial charge >= 0.3 is 0 Å². The highest BCUT2D eigenvalue weighted by molar-refractivity contribution is 5.94. The Morgan fingerprint density at radius 2 is 1.64 bits per heavy atom. The fourth-order valence-electron chi connectivity index (χ4n) is 3.01. The normalized spacial score (nSPS) is 11.9. The quantitative estimate of drug-likeness (QED) is 0.559. The summed E-state index contributed by atoms with van der Waals surface area (Å²) in [5.74, 6) is 0. The van der Waals surface area contributed by atoms with E-state index in [1.165, 1.54) is 33.2 Å². The van der Waals surface area contributed by atoms with E-state index < -0.39 is 0 Å². The molecule has 0 spiro atoms. The SMILES string of the molecule is Cc1ccccc1-c1c2ccc(C(C)(C)C)cc2cc[n+]1C. The highest BCUT2D eigenvalue weighted by atomic mass is 14.9. The van der Waals surface area contributed by atoms with Crippen molar-refractivity contribution >= 4 is 10.8 Å². The Morgan fingerprint density at radius 1 is 0.909 bits per heavy atom. The maximum absolute atomic E-state index is 2.33. The Labute approximate surface area is 133 Å². The zero-order valence-electron chi connectivity index (χ0n) is 14.1. The number of aryl methyl sites for hydroxylation is 2. The summed E-state index contributed by atoms with van der Waals surface area (Å²) in [4.78, 5) is 0. The summed E-state index contributed by atoms with van der Waals surface area (Å²) in [5.41, 5.74) is 5.46. The van der Waals surface area contributed by atoms with Gasteiger partial charge in [-0.3, -0.25) is 0 Å². The van der Waals surface area contributed by atoms with Crippen molar-refractivity contribution in [3.05, 3.63) is 65.9 Å². The second kappa shape index (κ2) is 5.24. The van der Waals surface area contributed by atoms with Crippen molar-refractivity contribution in [2.75, 3.05) is 0 Å². The van der Waals surface area contributed by atoms with Crippen LogP contribution in [0, 0.1) is 6.92 Å². The van der Waals surface area contributed by atoms with Crippen LogP contribution in [0.25, 0.3) is 22.0 Å². The fourth-order valence-corrected chi connectivity index (χ4v) is 3.01. The number of aromatic nitrogens is 1. The van der Waals surface area contributed by atoms with Crippen molar-refractivity contribution in [2.24, 2.45) is 7.05 Å². The predicted molar refractivity (Wildman–Crippen MR) is 94.0 cm³/mol. The molecule has 1 nitrogen and oxygen atoms in total.